The van der Waals surface area contributed by atoms with Crippen molar-refractivity contribution in [3.63, 3.8) is 0 Å². The van der Waals surface area contributed by atoms with Crippen LogP contribution in [0.2, 0.25) is 0 Å². The SMILES string of the molecule is CN(CCN)C(=O)C1CCCCC1C(=O)NCCN. The summed E-state index contributed by atoms with van der Waals surface area (Å²) in [6, 6.07) is 0. The Hall–Kier alpha value is -1.14. The van der Waals surface area contributed by atoms with Gasteiger partial charge in [0.25, 0.3) is 0 Å². The normalized spacial score (nSPS) is 22.9. The monoisotopic (exact) mass is 270 g/mol. The van der Waals surface area contributed by atoms with E-state index in [1.807, 2.05) is 0 Å². The molecule has 0 heterocycles. The number of hydrogen-bond donors (Lipinski definition) is 3. The van der Waals surface area contributed by atoms with Crippen LogP contribution in [-0.2, 0) is 9.59 Å². The van der Waals surface area contributed by atoms with Crippen molar-refractivity contribution in [2.45, 2.75) is 25.7 Å². The minimum absolute atomic E-state index is 0.0374. The lowest BCUT2D eigenvalue weighted by Crippen LogP contribution is -2.46. The van der Waals surface area contributed by atoms with Crippen LogP contribution in [0.25, 0.3) is 0 Å². The van der Waals surface area contributed by atoms with E-state index in [0.29, 0.717) is 26.2 Å². The molecule has 5 N–H and O–H groups in total. The Morgan fingerprint density at radius 1 is 1.16 bits per heavy atom. The second-order valence-electron chi connectivity index (χ2n) is 5.13. The Kier molecular flexibility index (Phi) is 6.80. The second-order valence-corrected chi connectivity index (χ2v) is 5.13. The molecule has 6 heteroatoms. The molecule has 0 aromatic rings. The first-order valence-electron chi connectivity index (χ1n) is 7.04. The van der Waals surface area contributed by atoms with E-state index < -0.39 is 0 Å². The molecule has 1 rings (SSSR count). The molecule has 0 radical (unpaired) electrons. The van der Waals surface area contributed by atoms with Crippen LogP contribution in [0.15, 0.2) is 0 Å². The largest absolute Gasteiger partial charge is 0.355 e. The molecule has 2 amide bonds. The lowest BCUT2D eigenvalue weighted by Gasteiger charge is -2.32. The lowest BCUT2D eigenvalue weighted by molar-refractivity contribution is -0.142. The zero-order chi connectivity index (χ0) is 14.3. The molecule has 2 atom stereocenters. The number of likely N-dealkylation sites (N-methyl/N-ethyl adjacent to an activating group) is 1. The molecular weight excluding hydrogens is 244 g/mol. The number of nitrogens with zero attached hydrogens (tertiary/aromatic N) is 1. The van der Waals surface area contributed by atoms with Crippen LogP contribution in [0.3, 0.4) is 0 Å². The Morgan fingerprint density at radius 3 is 2.37 bits per heavy atom. The fourth-order valence-electron chi connectivity index (χ4n) is 2.65. The third-order valence-corrected chi connectivity index (χ3v) is 3.70. The predicted octanol–water partition coefficient (Wildman–Crippen LogP) is -0.715. The zero-order valence-corrected chi connectivity index (χ0v) is 11.7. The standard InChI is InChI=1S/C13H26N4O2/c1-17(9-7-15)13(19)11-5-3-2-4-10(11)12(18)16-8-6-14/h10-11H,2-9,14-15H2,1H3,(H,16,18). The Labute approximate surface area is 114 Å². The minimum atomic E-state index is -0.215. The molecule has 1 aliphatic carbocycles. The first-order valence-corrected chi connectivity index (χ1v) is 7.04. The molecule has 110 valence electrons. The van der Waals surface area contributed by atoms with E-state index in [1.165, 1.54) is 0 Å². The van der Waals surface area contributed by atoms with Gasteiger partial charge in [0.05, 0.1) is 0 Å². The van der Waals surface area contributed by atoms with Crippen molar-refractivity contribution in [1.29, 1.82) is 0 Å². The van der Waals surface area contributed by atoms with E-state index in [2.05, 4.69) is 5.32 Å². The van der Waals surface area contributed by atoms with Crippen molar-refractivity contribution in [3.05, 3.63) is 0 Å². The Morgan fingerprint density at radius 2 is 1.79 bits per heavy atom. The summed E-state index contributed by atoms with van der Waals surface area (Å²) in [4.78, 5) is 26.1. The van der Waals surface area contributed by atoms with Gasteiger partial charge in [0, 0.05) is 45.1 Å². The maximum atomic E-state index is 12.3. The molecule has 0 aliphatic heterocycles. The summed E-state index contributed by atoms with van der Waals surface area (Å²) in [7, 11) is 1.75. The first-order chi connectivity index (χ1) is 9.11. The number of amides is 2. The molecule has 0 aromatic heterocycles. The molecule has 0 bridgehead atoms. The van der Waals surface area contributed by atoms with Crippen molar-refractivity contribution in [3.8, 4) is 0 Å². The van der Waals surface area contributed by atoms with E-state index in [-0.39, 0.29) is 23.7 Å². The number of rotatable bonds is 6. The van der Waals surface area contributed by atoms with Crippen LogP contribution in [-0.4, -0.2) is 49.9 Å². The number of nitrogens with one attached hydrogen (secondary N) is 1. The Bertz CT molecular complexity index is 309. The van der Waals surface area contributed by atoms with Gasteiger partial charge in [-0.25, -0.2) is 0 Å². The first kappa shape index (κ1) is 15.9. The predicted molar refractivity (Wildman–Crippen MR) is 74.2 cm³/mol. The molecule has 0 aromatic carbocycles. The highest BCUT2D eigenvalue weighted by atomic mass is 16.2. The molecular formula is C13H26N4O2. The quantitative estimate of drug-likeness (QED) is 0.593. The molecule has 0 saturated heterocycles. The number of carbonyl (C=O) groups is 2. The van der Waals surface area contributed by atoms with E-state index >= 15 is 0 Å². The summed E-state index contributed by atoms with van der Waals surface area (Å²) in [6.07, 6.45) is 3.58. The van der Waals surface area contributed by atoms with Crippen molar-refractivity contribution >= 4 is 11.8 Å². The van der Waals surface area contributed by atoms with Gasteiger partial charge >= 0.3 is 0 Å². The maximum absolute atomic E-state index is 12.3. The van der Waals surface area contributed by atoms with Crippen molar-refractivity contribution in [2.75, 3.05) is 33.2 Å². The number of carbonyl (C=O) groups excluding carboxylic acids is 2. The van der Waals surface area contributed by atoms with Crippen LogP contribution in [0.1, 0.15) is 25.7 Å². The Balaban J connectivity index is 2.66. The van der Waals surface area contributed by atoms with Gasteiger partial charge in [0.1, 0.15) is 0 Å². The number of nitrogens with two attached hydrogens (primary N) is 2. The van der Waals surface area contributed by atoms with E-state index in [1.54, 1.807) is 11.9 Å². The zero-order valence-electron chi connectivity index (χ0n) is 11.7. The van der Waals surface area contributed by atoms with Crippen LogP contribution in [0, 0.1) is 11.8 Å². The topological polar surface area (TPSA) is 101 Å². The number of hydrogen-bond acceptors (Lipinski definition) is 4. The van der Waals surface area contributed by atoms with Gasteiger partial charge in [-0.1, -0.05) is 12.8 Å². The lowest BCUT2D eigenvalue weighted by atomic mass is 9.78. The summed E-state index contributed by atoms with van der Waals surface area (Å²) >= 11 is 0. The smallest absolute Gasteiger partial charge is 0.226 e. The van der Waals surface area contributed by atoms with Gasteiger partial charge in [0.2, 0.25) is 11.8 Å². The van der Waals surface area contributed by atoms with Crippen LogP contribution >= 0.6 is 0 Å². The third kappa shape index (κ3) is 4.47. The van der Waals surface area contributed by atoms with Crippen molar-refractivity contribution in [1.82, 2.24) is 10.2 Å². The van der Waals surface area contributed by atoms with E-state index in [0.717, 1.165) is 25.7 Å². The molecule has 19 heavy (non-hydrogen) atoms. The van der Waals surface area contributed by atoms with Crippen molar-refractivity contribution in [2.24, 2.45) is 23.3 Å². The third-order valence-electron chi connectivity index (χ3n) is 3.70. The summed E-state index contributed by atoms with van der Waals surface area (Å²) in [6.45, 7) is 1.87. The molecule has 1 aliphatic rings. The van der Waals surface area contributed by atoms with E-state index in [9.17, 15) is 9.59 Å². The fourth-order valence-corrected chi connectivity index (χ4v) is 2.65. The highest BCUT2D eigenvalue weighted by Gasteiger charge is 2.36. The molecule has 1 fully saturated rings. The summed E-state index contributed by atoms with van der Waals surface area (Å²) in [5.74, 6) is -0.418. The average Bonchev–Trinajstić information content (AvgIpc) is 2.44. The molecule has 6 nitrogen and oxygen atoms in total. The van der Waals surface area contributed by atoms with Crippen LogP contribution in [0.4, 0.5) is 0 Å². The van der Waals surface area contributed by atoms with Crippen LogP contribution < -0.4 is 16.8 Å². The molecule has 0 spiro atoms. The van der Waals surface area contributed by atoms with Gasteiger partial charge in [-0.2, -0.15) is 0 Å². The summed E-state index contributed by atoms with van der Waals surface area (Å²) < 4.78 is 0. The maximum Gasteiger partial charge on any atom is 0.226 e. The second kappa shape index (κ2) is 8.12. The fraction of sp³-hybridized carbons (Fsp3) is 0.846. The van der Waals surface area contributed by atoms with Gasteiger partial charge in [0.15, 0.2) is 0 Å². The highest BCUT2D eigenvalue weighted by Crippen LogP contribution is 2.31. The van der Waals surface area contributed by atoms with Gasteiger partial charge in [-0.15, -0.1) is 0 Å². The highest BCUT2D eigenvalue weighted by molar-refractivity contribution is 5.87. The van der Waals surface area contributed by atoms with Crippen molar-refractivity contribution < 1.29 is 9.59 Å². The minimum Gasteiger partial charge on any atom is -0.355 e. The van der Waals surface area contributed by atoms with Gasteiger partial charge in [-0.05, 0) is 12.8 Å². The molecule has 1 saturated carbocycles. The van der Waals surface area contributed by atoms with Crippen LogP contribution in [0.5, 0.6) is 0 Å². The van der Waals surface area contributed by atoms with E-state index in [4.69, 9.17) is 11.5 Å². The van der Waals surface area contributed by atoms with Gasteiger partial charge < -0.3 is 21.7 Å². The summed E-state index contributed by atoms with van der Waals surface area (Å²) in [5, 5.41) is 2.80. The molecule has 2 unspecified atom stereocenters. The van der Waals surface area contributed by atoms with Gasteiger partial charge in [-0.3, -0.25) is 9.59 Å². The summed E-state index contributed by atoms with van der Waals surface area (Å²) in [5.41, 5.74) is 10.9. The average molecular weight is 270 g/mol.